The molecule has 0 radical (unpaired) electrons. The van der Waals surface area contributed by atoms with E-state index in [0.29, 0.717) is 6.54 Å². The molecule has 0 aliphatic carbocycles. The number of hydrogen-bond acceptors (Lipinski definition) is 2. The number of aryl methyl sites for hydroxylation is 1. The molecule has 4 N–H and O–H groups in total. The average molecular weight is 174 g/mol. The highest BCUT2D eigenvalue weighted by molar-refractivity contribution is 5.57. The molecule has 2 nitrogen and oxygen atoms in total. The molecule has 0 saturated heterocycles. The van der Waals surface area contributed by atoms with Gasteiger partial charge in [0.05, 0.1) is 6.54 Å². The second-order valence-electron chi connectivity index (χ2n) is 2.78. The highest BCUT2D eigenvalue weighted by Crippen LogP contribution is 2.13. The Labute approximate surface area is 78.9 Å². The van der Waals surface area contributed by atoms with Gasteiger partial charge in [0, 0.05) is 11.3 Å². The molecule has 0 atom stereocenters. The van der Waals surface area contributed by atoms with Gasteiger partial charge in [0.25, 0.3) is 0 Å². The SMILES string of the molecule is CCc1ccc(N)c(C#CCN)c1. The molecular formula is C11H14N2. The summed E-state index contributed by atoms with van der Waals surface area (Å²) in [5.41, 5.74) is 13.9. The van der Waals surface area contributed by atoms with Crippen LogP contribution in [0.1, 0.15) is 18.1 Å². The fourth-order valence-corrected chi connectivity index (χ4v) is 1.08. The Morgan fingerprint density at radius 2 is 2.15 bits per heavy atom. The van der Waals surface area contributed by atoms with E-state index in [0.717, 1.165) is 17.7 Å². The van der Waals surface area contributed by atoms with Crippen LogP contribution in [0.4, 0.5) is 5.69 Å². The molecule has 0 amide bonds. The van der Waals surface area contributed by atoms with E-state index in [-0.39, 0.29) is 0 Å². The lowest BCUT2D eigenvalue weighted by molar-refractivity contribution is 1.14. The maximum absolute atomic E-state index is 5.74. The van der Waals surface area contributed by atoms with E-state index in [9.17, 15) is 0 Å². The molecule has 0 aromatic heterocycles. The molecule has 0 spiro atoms. The normalized spacial score (nSPS) is 9.08. The van der Waals surface area contributed by atoms with E-state index in [1.54, 1.807) is 0 Å². The second kappa shape index (κ2) is 4.54. The van der Waals surface area contributed by atoms with Crippen molar-refractivity contribution in [2.75, 3.05) is 12.3 Å². The lowest BCUT2D eigenvalue weighted by Crippen LogP contribution is -1.95. The van der Waals surface area contributed by atoms with E-state index >= 15 is 0 Å². The minimum Gasteiger partial charge on any atom is -0.398 e. The highest BCUT2D eigenvalue weighted by Gasteiger charge is 1.96. The fourth-order valence-electron chi connectivity index (χ4n) is 1.08. The summed E-state index contributed by atoms with van der Waals surface area (Å²) >= 11 is 0. The van der Waals surface area contributed by atoms with Crippen molar-refractivity contribution in [3.63, 3.8) is 0 Å². The molecule has 1 rings (SSSR count). The van der Waals surface area contributed by atoms with Crippen molar-refractivity contribution in [2.45, 2.75) is 13.3 Å². The van der Waals surface area contributed by atoms with Gasteiger partial charge in [0.1, 0.15) is 0 Å². The lowest BCUT2D eigenvalue weighted by Gasteiger charge is -2.00. The third-order valence-electron chi connectivity index (χ3n) is 1.85. The third-order valence-corrected chi connectivity index (χ3v) is 1.85. The van der Waals surface area contributed by atoms with Gasteiger partial charge in [0.2, 0.25) is 0 Å². The molecule has 0 unspecified atom stereocenters. The molecule has 68 valence electrons. The van der Waals surface area contributed by atoms with Crippen LogP contribution in [-0.2, 0) is 6.42 Å². The maximum Gasteiger partial charge on any atom is 0.0555 e. The minimum absolute atomic E-state index is 0.371. The predicted octanol–water partition coefficient (Wildman–Crippen LogP) is 1.14. The van der Waals surface area contributed by atoms with Crippen molar-refractivity contribution in [1.29, 1.82) is 0 Å². The van der Waals surface area contributed by atoms with Crippen LogP contribution in [0.2, 0.25) is 0 Å². The zero-order valence-corrected chi connectivity index (χ0v) is 7.80. The number of hydrogen-bond donors (Lipinski definition) is 2. The molecule has 0 fully saturated rings. The summed E-state index contributed by atoms with van der Waals surface area (Å²) in [5, 5.41) is 0. The van der Waals surface area contributed by atoms with Crippen LogP contribution in [-0.4, -0.2) is 6.54 Å². The van der Waals surface area contributed by atoms with Crippen molar-refractivity contribution in [2.24, 2.45) is 5.73 Å². The average Bonchev–Trinajstić information content (AvgIpc) is 2.17. The Hall–Kier alpha value is -1.46. The molecule has 0 aliphatic rings. The van der Waals surface area contributed by atoms with Gasteiger partial charge in [-0.1, -0.05) is 24.8 Å². The Balaban J connectivity index is 3.04. The smallest absolute Gasteiger partial charge is 0.0555 e. The summed E-state index contributed by atoms with van der Waals surface area (Å²) in [5.74, 6) is 5.74. The first-order chi connectivity index (χ1) is 6.27. The molecule has 1 aromatic carbocycles. The Morgan fingerprint density at radius 1 is 1.38 bits per heavy atom. The molecular weight excluding hydrogens is 160 g/mol. The third kappa shape index (κ3) is 2.50. The van der Waals surface area contributed by atoms with Gasteiger partial charge in [0.15, 0.2) is 0 Å². The second-order valence-corrected chi connectivity index (χ2v) is 2.78. The standard InChI is InChI=1S/C11H14N2/c1-2-9-5-6-11(13)10(8-9)4-3-7-12/h5-6,8H,2,7,12-13H2,1H3. The fraction of sp³-hybridized carbons (Fsp3) is 0.273. The Morgan fingerprint density at radius 3 is 2.77 bits per heavy atom. The molecule has 0 bridgehead atoms. The lowest BCUT2D eigenvalue weighted by atomic mass is 10.1. The zero-order valence-electron chi connectivity index (χ0n) is 7.80. The van der Waals surface area contributed by atoms with Crippen molar-refractivity contribution in [3.8, 4) is 11.8 Å². The Bertz CT molecular complexity index is 345. The van der Waals surface area contributed by atoms with E-state index in [1.165, 1.54) is 5.56 Å². The van der Waals surface area contributed by atoms with Crippen LogP contribution in [0.25, 0.3) is 0 Å². The van der Waals surface area contributed by atoms with Gasteiger partial charge in [-0.25, -0.2) is 0 Å². The summed E-state index contributed by atoms with van der Waals surface area (Å²) in [4.78, 5) is 0. The summed E-state index contributed by atoms with van der Waals surface area (Å²) in [6.07, 6.45) is 0.998. The van der Waals surface area contributed by atoms with Crippen LogP contribution in [0.15, 0.2) is 18.2 Å². The first-order valence-corrected chi connectivity index (χ1v) is 4.35. The molecule has 1 aromatic rings. The largest absolute Gasteiger partial charge is 0.398 e. The van der Waals surface area contributed by atoms with E-state index in [2.05, 4.69) is 18.8 Å². The number of nitrogens with two attached hydrogens (primary N) is 2. The summed E-state index contributed by atoms with van der Waals surface area (Å²) in [6, 6.07) is 5.92. The van der Waals surface area contributed by atoms with Gasteiger partial charge in [-0.3, -0.25) is 0 Å². The van der Waals surface area contributed by atoms with Crippen molar-refractivity contribution < 1.29 is 0 Å². The maximum atomic E-state index is 5.74. The van der Waals surface area contributed by atoms with Crippen LogP contribution in [0.5, 0.6) is 0 Å². The number of nitrogen functional groups attached to an aromatic ring is 1. The molecule has 0 saturated carbocycles. The van der Waals surface area contributed by atoms with Crippen LogP contribution >= 0.6 is 0 Å². The van der Waals surface area contributed by atoms with Crippen molar-refractivity contribution in [1.82, 2.24) is 0 Å². The number of benzene rings is 1. The van der Waals surface area contributed by atoms with Gasteiger partial charge < -0.3 is 11.5 Å². The highest BCUT2D eigenvalue weighted by atomic mass is 14.6. The summed E-state index contributed by atoms with van der Waals surface area (Å²) < 4.78 is 0. The zero-order chi connectivity index (χ0) is 9.68. The minimum atomic E-state index is 0.371. The van der Waals surface area contributed by atoms with Gasteiger partial charge in [-0.2, -0.15) is 0 Å². The molecule has 0 heterocycles. The first kappa shape index (κ1) is 9.63. The van der Waals surface area contributed by atoms with E-state index < -0.39 is 0 Å². The molecule has 2 heteroatoms. The van der Waals surface area contributed by atoms with Gasteiger partial charge in [-0.05, 0) is 24.1 Å². The number of rotatable bonds is 1. The summed E-state index contributed by atoms with van der Waals surface area (Å²) in [6.45, 7) is 2.47. The van der Waals surface area contributed by atoms with Crippen LogP contribution in [0.3, 0.4) is 0 Å². The quantitative estimate of drug-likeness (QED) is 0.495. The van der Waals surface area contributed by atoms with Gasteiger partial charge >= 0.3 is 0 Å². The Kier molecular flexibility index (Phi) is 3.36. The first-order valence-electron chi connectivity index (χ1n) is 4.35. The van der Waals surface area contributed by atoms with Crippen molar-refractivity contribution in [3.05, 3.63) is 29.3 Å². The topological polar surface area (TPSA) is 52.0 Å². The van der Waals surface area contributed by atoms with E-state index in [1.807, 2.05) is 18.2 Å². The number of anilines is 1. The van der Waals surface area contributed by atoms with Crippen LogP contribution < -0.4 is 11.5 Å². The summed E-state index contributed by atoms with van der Waals surface area (Å²) in [7, 11) is 0. The van der Waals surface area contributed by atoms with Crippen LogP contribution in [0, 0.1) is 11.8 Å². The van der Waals surface area contributed by atoms with Crippen molar-refractivity contribution >= 4 is 5.69 Å². The monoisotopic (exact) mass is 174 g/mol. The molecule has 0 aliphatic heterocycles. The predicted molar refractivity (Wildman–Crippen MR) is 56.2 cm³/mol. The van der Waals surface area contributed by atoms with E-state index in [4.69, 9.17) is 11.5 Å². The molecule has 13 heavy (non-hydrogen) atoms. The van der Waals surface area contributed by atoms with Gasteiger partial charge in [-0.15, -0.1) is 0 Å².